The van der Waals surface area contributed by atoms with Gasteiger partial charge in [0.25, 0.3) is 0 Å². The highest BCUT2D eigenvalue weighted by Gasteiger charge is 2.22. The summed E-state index contributed by atoms with van der Waals surface area (Å²) in [5.74, 6) is -1.60. The number of nitrogens with two attached hydrogens (primary N) is 1. The van der Waals surface area contributed by atoms with Crippen LogP contribution in [0.4, 0.5) is 8.78 Å². The van der Waals surface area contributed by atoms with Crippen molar-refractivity contribution in [3.05, 3.63) is 35.4 Å². The molecule has 0 aliphatic heterocycles. The maximum Gasteiger partial charge on any atom is 0.237 e. The Labute approximate surface area is 112 Å². The number of hydrogen-bond donors (Lipinski definition) is 2. The van der Waals surface area contributed by atoms with E-state index >= 15 is 0 Å². The van der Waals surface area contributed by atoms with Crippen LogP contribution in [0.5, 0.6) is 0 Å². The number of halogens is 2. The minimum atomic E-state index is -0.676. The predicted molar refractivity (Wildman–Crippen MR) is 70.3 cm³/mol. The number of rotatable bonds is 5. The molecule has 5 heteroatoms. The van der Waals surface area contributed by atoms with Crippen LogP contribution in [0, 0.1) is 17.6 Å². The number of carbonyl (C=O) groups is 1. The van der Waals surface area contributed by atoms with Gasteiger partial charge >= 0.3 is 0 Å². The van der Waals surface area contributed by atoms with Crippen molar-refractivity contribution in [3.8, 4) is 0 Å². The van der Waals surface area contributed by atoms with Gasteiger partial charge in [-0.15, -0.1) is 0 Å². The molecule has 1 amide bonds. The third-order valence-corrected chi connectivity index (χ3v) is 3.35. The number of benzene rings is 1. The van der Waals surface area contributed by atoms with Gasteiger partial charge in [0.15, 0.2) is 0 Å². The zero-order valence-corrected chi connectivity index (χ0v) is 11.4. The van der Waals surface area contributed by atoms with E-state index in [9.17, 15) is 13.6 Å². The minimum absolute atomic E-state index is 0.0465. The van der Waals surface area contributed by atoms with Crippen LogP contribution in [0.25, 0.3) is 0 Å². The average Bonchev–Trinajstić information content (AvgIpc) is 2.36. The SMILES string of the molecule is CC[C@H](C)[C@H](N)C(=O)N[C@@H](C)c1ccc(F)cc1F. The highest BCUT2D eigenvalue weighted by Crippen LogP contribution is 2.18. The Hall–Kier alpha value is -1.49. The molecule has 3 nitrogen and oxygen atoms in total. The molecule has 0 radical (unpaired) electrons. The first kappa shape index (κ1) is 15.6. The molecule has 0 aliphatic rings. The molecule has 3 atom stereocenters. The molecular formula is C14H20F2N2O. The molecule has 3 N–H and O–H groups in total. The van der Waals surface area contributed by atoms with Gasteiger partial charge in [-0.05, 0) is 18.9 Å². The van der Waals surface area contributed by atoms with Crippen LogP contribution >= 0.6 is 0 Å². The van der Waals surface area contributed by atoms with Gasteiger partial charge in [0, 0.05) is 11.6 Å². The van der Waals surface area contributed by atoms with E-state index in [2.05, 4.69) is 5.32 Å². The van der Waals surface area contributed by atoms with Crippen molar-refractivity contribution in [2.45, 2.75) is 39.3 Å². The zero-order valence-electron chi connectivity index (χ0n) is 11.4. The smallest absolute Gasteiger partial charge is 0.237 e. The standard InChI is InChI=1S/C14H20F2N2O/c1-4-8(2)13(17)14(19)18-9(3)11-6-5-10(15)7-12(11)16/h5-9,13H,4,17H2,1-3H3,(H,18,19)/t8-,9-,13-/m0/s1. The lowest BCUT2D eigenvalue weighted by Gasteiger charge is -2.21. The number of amides is 1. The molecule has 0 saturated heterocycles. The second-order valence-corrected chi connectivity index (χ2v) is 4.81. The fraction of sp³-hybridized carbons (Fsp3) is 0.500. The highest BCUT2D eigenvalue weighted by molar-refractivity contribution is 5.82. The summed E-state index contributed by atoms with van der Waals surface area (Å²) in [6, 6.07) is 2.10. The maximum atomic E-state index is 13.6. The van der Waals surface area contributed by atoms with Crippen LogP contribution in [0.2, 0.25) is 0 Å². The molecule has 19 heavy (non-hydrogen) atoms. The summed E-state index contributed by atoms with van der Waals surface area (Å²) in [6.45, 7) is 5.46. The fourth-order valence-corrected chi connectivity index (χ4v) is 1.75. The van der Waals surface area contributed by atoms with Gasteiger partial charge in [-0.3, -0.25) is 4.79 Å². The first-order chi connectivity index (χ1) is 8.86. The molecule has 1 rings (SSSR count). The maximum absolute atomic E-state index is 13.6. The van der Waals surface area contributed by atoms with Gasteiger partial charge in [0.2, 0.25) is 5.91 Å². The molecule has 0 unspecified atom stereocenters. The van der Waals surface area contributed by atoms with Crippen molar-refractivity contribution in [3.63, 3.8) is 0 Å². The van der Waals surface area contributed by atoms with Crippen molar-refractivity contribution >= 4 is 5.91 Å². The fourth-order valence-electron chi connectivity index (χ4n) is 1.75. The van der Waals surface area contributed by atoms with E-state index in [1.54, 1.807) is 6.92 Å². The summed E-state index contributed by atoms with van der Waals surface area (Å²) in [4.78, 5) is 11.9. The summed E-state index contributed by atoms with van der Waals surface area (Å²) in [7, 11) is 0. The summed E-state index contributed by atoms with van der Waals surface area (Å²) in [5, 5.41) is 2.65. The molecule has 0 heterocycles. The second-order valence-electron chi connectivity index (χ2n) is 4.81. The largest absolute Gasteiger partial charge is 0.348 e. The van der Waals surface area contributed by atoms with Gasteiger partial charge < -0.3 is 11.1 Å². The second kappa shape index (κ2) is 6.61. The third-order valence-electron chi connectivity index (χ3n) is 3.35. The molecule has 0 fully saturated rings. The summed E-state index contributed by atoms with van der Waals surface area (Å²) < 4.78 is 26.4. The van der Waals surface area contributed by atoms with E-state index in [1.807, 2.05) is 13.8 Å². The van der Waals surface area contributed by atoms with Crippen LogP contribution in [0.3, 0.4) is 0 Å². The topological polar surface area (TPSA) is 55.1 Å². The van der Waals surface area contributed by atoms with Gasteiger partial charge in [0.05, 0.1) is 12.1 Å². The van der Waals surface area contributed by atoms with Crippen molar-refractivity contribution in [1.82, 2.24) is 5.32 Å². The third kappa shape index (κ3) is 3.99. The predicted octanol–water partition coefficient (Wildman–Crippen LogP) is 2.52. The lowest BCUT2D eigenvalue weighted by atomic mass is 9.98. The van der Waals surface area contributed by atoms with Gasteiger partial charge in [-0.2, -0.15) is 0 Å². The Morgan fingerprint density at radius 2 is 2.00 bits per heavy atom. The van der Waals surface area contributed by atoms with E-state index in [4.69, 9.17) is 5.73 Å². The number of hydrogen-bond acceptors (Lipinski definition) is 2. The summed E-state index contributed by atoms with van der Waals surface area (Å²) in [6.07, 6.45) is 0.786. The molecule has 0 aromatic heterocycles. The van der Waals surface area contributed by atoms with Gasteiger partial charge in [-0.25, -0.2) is 8.78 Å². The quantitative estimate of drug-likeness (QED) is 0.863. The lowest BCUT2D eigenvalue weighted by molar-refractivity contribution is -0.124. The zero-order chi connectivity index (χ0) is 14.6. The number of nitrogens with one attached hydrogen (secondary N) is 1. The summed E-state index contributed by atoms with van der Waals surface area (Å²) >= 11 is 0. The molecule has 0 spiro atoms. The molecule has 0 saturated carbocycles. The van der Waals surface area contributed by atoms with E-state index < -0.39 is 23.7 Å². The minimum Gasteiger partial charge on any atom is -0.348 e. The summed E-state index contributed by atoms with van der Waals surface area (Å²) in [5.41, 5.74) is 6.04. The van der Waals surface area contributed by atoms with Gasteiger partial charge in [0.1, 0.15) is 11.6 Å². The van der Waals surface area contributed by atoms with E-state index in [1.165, 1.54) is 6.07 Å². The van der Waals surface area contributed by atoms with Crippen molar-refractivity contribution in [2.75, 3.05) is 0 Å². The van der Waals surface area contributed by atoms with Crippen LogP contribution in [0.1, 0.15) is 38.8 Å². The van der Waals surface area contributed by atoms with Crippen LogP contribution in [0.15, 0.2) is 18.2 Å². The van der Waals surface area contributed by atoms with E-state index in [0.29, 0.717) is 0 Å². The van der Waals surface area contributed by atoms with E-state index in [-0.39, 0.29) is 17.4 Å². The van der Waals surface area contributed by atoms with Crippen LogP contribution < -0.4 is 11.1 Å². The molecule has 106 valence electrons. The van der Waals surface area contributed by atoms with Crippen LogP contribution in [-0.4, -0.2) is 11.9 Å². The normalized spacial score (nSPS) is 15.7. The Kier molecular flexibility index (Phi) is 5.42. The Morgan fingerprint density at radius 3 is 2.53 bits per heavy atom. The lowest BCUT2D eigenvalue weighted by Crippen LogP contribution is -2.45. The first-order valence-corrected chi connectivity index (χ1v) is 6.37. The molecule has 0 bridgehead atoms. The highest BCUT2D eigenvalue weighted by atomic mass is 19.1. The van der Waals surface area contributed by atoms with Crippen molar-refractivity contribution in [2.24, 2.45) is 11.7 Å². The molecule has 0 aliphatic carbocycles. The molecule has 1 aromatic carbocycles. The molecular weight excluding hydrogens is 250 g/mol. The Morgan fingerprint density at radius 1 is 1.37 bits per heavy atom. The van der Waals surface area contributed by atoms with Crippen LogP contribution in [-0.2, 0) is 4.79 Å². The number of carbonyl (C=O) groups excluding carboxylic acids is 1. The monoisotopic (exact) mass is 270 g/mol. The van der Waals surface area contributed by atoms with E-state index in [0.717, 1.165) is 18.6 Å². The molecule has 1 aromatic rings. The first-order valence-electron chi connectivity index (χ1n) is 6.37. The average molecular weight is 270 g/mol. The van der Waals surface area contributed by atoms with Crippen molar-refractivity contribution < 1.29 is 13.6 Å². The van der Waals surface area contributed by atoms with Gasteiger partial charge in [-0.1, -0.05) is 26.3 Å². The Bertz CT molecular complexity index is 451. The van der Waals surface area contributed by atoms with Crippen molar-refractivity contribution in [1.29, 1.82) is 0 Å². The Balaban J connectivity index is 2.74.